The van der Waals surface area contributed by atoms with Gasteiger partial charge in [0.1, 0.15) is 11.4 Å². The summed E-state index contributed by atoms with van der Waals surface area (Å²) in [7, 11) is 0. The van der Waals surface area contributed by atoms with Crippen LogP contribution in [0, 0.1) is 6.92 Å². The molecule has 2 aromatic heterocycles. The lowest BCUT2D eigenvalue weighted by Gasteiger charge is -2.04. The number of nitrogens with zero attached hydrogens (tertiary/aromatic N) is 7. The van der Waals surface area contributed by atoms with E-state index < -0.39 is 0 Å². The summed E-state index contributed by atoms with van der Waals surface area (Å²) in [6.07, 6.45) is 3.82. The van der Waals surface area contributed by atoms with Crippen molar-refractivity contribution in [2.75, 3.05) is 12.3 Å². The summed E-state index contributed by atoms with van der Waals surface area (Å²) in [5, 5.41) is 23.7. The SMILES string of the molecule is CCCCOc1ccc(C=NN=C(C)c2nnn(-c3nonc3N)c2C)cc1. The Morgan fingerprint density at radius 3 is 2.75 bits per heavy atom. The summed E-state index contributed by atoms with van der Waals surface area (Å²) in [5.74, 6) is 1.27. The summed E-state index contributed by atoms with van der Waals surface area (Å²) < 4.78 is 11.7. The lowest BCUT2D eigenvalue weighted by Crippen LogP contribution is -2.04. The van der Waals surface area contributed by atoms with Crippen molar-refractivity contribution in [3.8, 4) is 11.6 Å². The Bertz CT molecular complexity index is 972. The summed E-state index contributed by atoms with van der Waals surface area (Å²) in [6.45, 7) is 6.48. The van der Waals surface area contributed by atoms with E-state index in [0.29, 0.717) is 17.1 Å². The second-order valence-electron chi connectivity index (χ2n) is 6.11. The van der Waals surface area contributed by atoms with Gasteiger partial charge in [-0.15, -0.1) is 5.10 Å². The molecule has 0 atom stereocenters. The van der Waals surface area contributed by atoms with Crippen LogP contribution in [0.1, 0.15) is 43.6 Å². The van der Waals surface area contributed by atoms with E-state index in [1.807, 2.05) is 31.2 Å². The van der Waals surface area contributed by atoms with E-state index in [1.165, 1.54) is 4.68 Å². The Kier molecular flexibility index (Phi) is 6.10. The van der Waals surface area contributed by atoms with Gasteiger partial charge < -0.3 is 10.5 Å². The topological polar surface area (TPSA) is 130 Å². The highest BCUT2D eigenvalue weighted by molar-refractivity contribution is 5.98. The van der Waals surface area contributed by atoms with Crippen molar-refractivity contribution in [1.29, 1.82) is 0 Å². The van der Waals surface area contributed by atoms with E-state index in [4.69, 9.17) is 10.5 Å². The number of hydrogen-bond donors (Lipinski definition) is 1. The number of anilines is 1. The number of aromatic nitrogens is 5. The van der Waals surface area contributed by atoms with Gasteiger partial charge in [0.2, 0.25) is 11.6 Å². The van der Waals surface area contributed by atoms with Crippen LogP contribution in [0.4, 0.5) is 5.82 Å². The third-order valence-corrected chi connectivity index (χ3v) is 3.99. The smallest absolute Gasteiger partial charge is 0.243 e. The van der Waals surface area contributed by atoms with Gasteiger partial charge in [0, 0.05) is 0 Å². The van der Waals surface area contributed by atoms with Crippen LogP contribution >= 0.6 is 0 Å². The molecule has 0 aliphatic heterocycles. The van der Waals surface area contributed by atoms with Crippen molar-refractivity contribution in [2.24, 2.45) is 10.2 Å². The minimum absolute atomic E-state index is 0.134. The van der Waals surface area contributed by atoms with Crippen molar-refractivity contribution in [3.05, 3.63) is 41.2 Å². The van der Waals surface area contributed by atoms with Gasteiger partial charge in [0.15, 0.2) is 0 Å². The molecule has 10 nitrogen and oxygen atoms in total. The first-order chi connectivity index (χ1) is 13.6. The van der Waals surface area contributed by atoms with Crippen LogP contribution in [-0.2, 0) is 0 Å². The van der Waals surface area contributed by atoms with Crippen LogP contribution < -0.4 is 10.5 Å². The maximum Gasteiger partial charge on any atom is 0.243 e. The molecular weight excluding hydrogens is 360 g/mol. The van der Waals surface area contributed by atoms with Crippen molar-refractivity contribution < 1.29 is 9.37 Å². The molecule has 146 valence electrons. The average molecular weight is 382 g/mol. The molecule has 2 N–H and O–H groups in total. The number of unbranched alkanes of at least 4 members (excludes halogenated alkanes) is 1. The Labute approximate surface area is 162 Å². The maximum atomic E-state index is 5.70. The van der Waals surface area contributed by atoms with Crippen molar-refractivity contribution in [1.82, 2.24) is 25.3 Å². The van der Waals surface area contributed by atoms with Gasteiger partial charge in [-0.05, 0) is 60.4 Å². The number of nitrogen functional groups attached to an aromatic ring is 1. The van der Waals surface area contributed by atoms with Gasteiger partial charge in [-0.3, -0.25) is 0 Å². The van der Waals surface area contributed by atoms with Crippen molar-refractivity contribution in [3.63, 3.8) is 0 Å². The summed E-state index contributed by atoms with van der Waals surface area (Å²) >= 11 is 0. The second-order valence-corrected chi connectivity index (χ2v) is 6.11. The fourth-order valence-electron chi connectivity index (χ4n) is 2.42. The number of hydrogen-bond acceptors (Lipinski definition) is 9. The van der Waals surface area contributed by atoms with E-state index in [-0.39, 0.29) is 11.6 Å². The van der Waals surface area contributed by atoms with Gasteiger partial charge in [-0.1, -0.05) is 18.6 Å². The summed E-state index contributed by atoms with van der Waals surface area (Å²) in [4.78, 5) is 0. The Balaban J connectivity index is 1.67. The molecule has 2 heterocycles. The molecule has 0 fully saturated rings. The molecular formula is C18H22N8O2. The van der Waals surface area contributed by atoms with E-state index in [9.17, 15) is 0 Å². The zero-order valence-electron chi connectivity index (χ0n) is 16.0. The summed E-state index contributed by atoms with van der Waals surface area (Å²) in [5.41, 5.74) is 8.51. The molecule has 10 heteroatoms. The predicted molar refractivity (Wildman–Crippen MR) is 105 cm³/mol. The molecule has 0 unspecified atom stereocenters. The largest absolute Gasteiger partial charge is 0.494 e. The molecule has 0 aliphatic rings. The molecule has 0 saturated carbocycles. The first kappa shape index (κ1) is 19.2. The molecule has 0 amide bonds. The van der Waals surface area contributed by atoms with Crippen LogP contribution in [0.3, 0.4) is 0 Å². The number of ether oxygens (including phenoxy) is 1. The van der Waals surface area contributed by atoms with Crippen LogP contribution in [0.5, 0.6) is 5.75 Å². The number of benzene rings is 1. The minimum Gasteiger partial charge on any atom is -0.494 e. The Morgan fingerprint density at radius 1 is 1.29 bits per heavy atom. The highest BCUT2D eigenvalue weighted by Gasteiger charge is 2.17. The molecule has 0 aliphatic carbocycles. The predicted octanol–water partition coefficient (Wildman–Crippen LogP) is 2.56. The van der Waals surface area contributed by atoms with Gasteiger partial charge in [0.05, 0.1) is 24.2 Å². The molecule has 28 heavy (non-hydrogen) atoms. The highest BCUT2D eigenvalue weighted by atomic mass is 16.6. The average Bonchev–Trinajstić information content (AvgIpc) is 3.28. The lowest BCUT2D eigenvalue weighted by molar-refractivity contribution is 0.306. The third kappa shape index (κ3) is 4.40. The van der Waals surface area contributed by atoms with Crippen molar-refractivity contribution >= 4 is 17.7 Å². The van der Waals surface area contributed by atoms with Gasteiger partial charge >= 0.3 is 0 Å². The summed E-state index contributed by atoms with van der Waals surface area (Å²) in [6, 6.07) is 7.69. The monoisotopic (exact) mass is 382 g/mol. The maximum absolute atomic E-state index is 5.70. The van der Waals surface area contributed by atoms with E-state index in [2.05, 4.69) is 42.4 Å². The second kappa shape index (κ2) is 8.89. The van der Waals surface area contributed by atoms with Crippen LogP contribution in [0.2, 0.25) is 0 Å². The number of rotatable bonds is 8. The third-order valence-electron chi connectivity index (χ3n) is 3.99. The zero-order valence-corrected chi connectivity index (χ0v) is 16.0. The molecule has 3 aromatic rings. The molecule has 0 spiro atoms. The molecule has 3 rings (SSSR count). The molecule has 1 aromatic carbocycles. The standard InChI is InChI=1S/C18H22N8O2/c1-4-5-10-27-15-8-6-14(7-9-15)11-20-21-12(2)16-13(3)26(25-22-16)18-17(19)23-28-24-18/h6-9,11H,4-5,10H2,1-3H3,(H2,19,23). The van der Waals surface area contributed by atoms with Crippen LogP contribution in [0.15, 0.2) is 39.1 Å². The quantitative estimate of drug-likeness (QED) is 0.360. The Morgan fingerprint density at radius 2 is 2.07 bits per heavy atom. The normalized spacial score (nSPS) is 12.0. The van der Waals surface area contributed by atoms with E-state index in [0.717, 1.165) is 30.8 Å². The van der Waals surface area contributed by atoms with Crippen LogP contribution in [-0.4, -0.2) is 43.8 Å². The van der Waals surface area contributed by atoms with Gasteiger partial charge in [-0.2, -0.15) is 14.9 Å². The minimum atomic E-state index is 0.134. The first-order valence-electron chi connectivity index (χ1n) is 8.91. The molecule has 0 radical (unpaired) electrons. The Hall–Kier alpha value is -3.56. The number of nitrogens with two attached hydrogens (primary N) is 1. The molecule has 0 bridgehead atoms. The van der Waals surface area contributed by atoms with E-state index in [1.54, 1.807) is 13.1 Å². The van der Waals surface area contributed by atoms with E-state index >= 15 is 0 Å². The lowest BCUT2D eigenvalue weighted by atomic mass is 10.2. The zero-order chi connectivity index (χ0) is 19.9. The molecule has 0 saturated heterocycles. The van der Waals surface area contributed by atoms with Crippen molar-refractivity contribution in [2.45, 2.75) is 33.6 Å². The fraction of sp³-hybridized carbons (Fsp3) is 0.333. The fourth-order valence-corrected chi connectivity index (χ4v) is 2.42. The van der Waals surface area contributed by atoms with Gasteiger partial charge in [0.25, 0.3) is 0 Å². The highest BCUT2D eigenvalue weighted by Crippen LogP contribution is 2.15. The van der Waals surface area contributed by atoms with Gasteiger partial charge in [-0.25, -0.2) is 4.63 Å². The first-order valence-corrected chi connectivity index (χ1v) is 8.91. The van der Waals surface area contributed by atoms with Crippen LogP contribution in [0.25, 0.3) is 5.82 Å².